The normalized spacial score (nSPS) is 12.7. The van der Waals surface area contributed by atoms with E-state index in [4.69, 9.17) is 0 Å². The molecule has 7 heteroatoms. The molecule has 1 rings (SSSR count). The first-order valence-corrected chi connectivity index (χ1v) is 10.5. The Hall–Kier alpha value is -1.60. The molecular formula is C20H34BrN5O. The van der Waals surface area contributed by atoms with Crippen LogP contribution in [-0.4, -0.2) is 56.0 Å². The molecule has 0 saturated heterocycles. The number of rotatable bonds is 11. The van der Waals surface area contributed by atoms with E-state index in [0.717, 1.165) is 48.6 Å². The summed E-state index contributed by atoms with van der Waals surface area (Å²) in [5.41, 5.74) is 0.799. The fraction of sp³-hybridized carbons (Fsp3) is 0.600. The number of aliphatic imine (C=N–C) groups is 1. The Labute approximate surface area is 172 Å². The van der Waals surface area contributed by atoms with Crippen LogP contribution in [0.4, 0.5) is 5.69 Å². The number of carbonyl (C=O) groups is 1. The molecule has 0 heterocycles. The lowest BCUT2D eigenvalue weighted by Crippen LogP contribution is -2.43. The second-order valence-electron chi connectivity index (χ2n) is 6.52. The number of benzene rings is 1. The molecule has 0 spiro atoms. The third-order valence-electron chi connectivity index (χ3n) is 4.39. The van der Waals surface area contributed by atoms with Gasteiger partial charge in [-0.15, -0.1) is 0 Å². The largest absolute Gasteiger partial charge is 0.356 e. The van der Waals surface area contributed by atoms with Crippen molar-refractivity contribution in [2.75, 3.05) is 38.5 Å². The van der Waals surface area contributed by atoms with Gasteiger partial charge >= 0.3 is 0 Å². The van der Waals surface area contributed by atoms with Gasteiger partial charge in [0.05, 0.1) is 0 Å². The van der Waals surface area contributed by atoms with Gasteiger partial charge < -0.3 is 20.9 Å². The average Bonchev–Trinajstić information content (AvgIpc) is 2.66. The molecule has 1 aromatic carbocycles. The van der Waals surface area contributed by atoms with Gasteiger partial charge in [-0.3, -0.25) is 9.79 Å². The summed E-state index contributed by atoms with van der Waals surface area (Å²) in [5, 5.41) is 9.48. The van der Waals surface area contributed by atoms with Crippen molar-refractivity contribution in [1.82, 2.24) is 15.5 Å². The van der Waals surface area contributed by atoms with Crippen molar-refractivity contribution in [2.24, 2.45) is 4.99 Å². The Morgan fingerprint density at radius 2 is 1.89 bits per heavy atom. The van der Waals surface area contributed by atoms with Gasteiger partial charge in [0.15, 0.2) is 5.96 Å². The van der Waals surface area contributed by atoms with Crippen molar-refractivity contribution in [2.45, 2.75) is 46.1 Å². The van der Waals surface area contributed by atoms with E-state index in [1.165, 1.54) is 0 Å². The van der Waals surface area contributed by atoms with Crippen LogP contribution in [0.25, 0.3) is 0 Å². The Kier molecular flexibility index (Phi) is 11.8. The maximum absolute atomic E-state index is 12.0. The quantitative estimate of drug-likeness (QED) is 0.364. The van der Waals surface area contributed by atoms with E-state index in [2.05, 4.69) is 62.5 Å². The topological polar surface area (TPSA) is 68.8 Å². The zero-order chi connectivity index (χ0) is 20.1. The van der Waals surface area contributed by atoms with Gasteiger partial charge in [-0.1, -0.05) is 29.8 Å². The smallest absolute Gasteiger partial charge is 0.226 e. The molecule has 1 unspecified atom stereocenters. The van der Waals surface area contributed by atoms with Gasteiger partial charge in [-0.05, 0) is 63.7 Å². The van der Waals surface area contributed by atoms with Gasteiger partial charge in [0.1, 0.15) is 0 Å². The van der Waals surface area contributed by atoms with Gasteiger partial charge in [0.25, 0.3) is 0 Å². The highest BCUT2D eigenvalue weighted by atomic mass is 79.9. The fourth-order valence-electron chi connectivity index (χ4n) is 2.71. The number of hydrogen-bond acceptors (Lipinski definition) is 3. The molecule has 0 aromatic heterocycles. The molecule has 0 radical (unpaired) electrons. The molecule has 0 saturated carbocycles. The maximum atomic E-state index is 12.0. The number of nitrogens with one attached hydrogen (secondary N) is 3. The first kappa shape index (κ1) is 23.4. The molecule has 0 aliphatic rings. The summed E-state index contributed by atoms with van der Waals surface area (Å²) >= 11 is 3.38. The third kappa shape index (κ3) is 10.3. The van der Waals surface area contributed by atoms with E-state index in [-0.39, 0.29) is 5.91 Å². The van der Waals surface area contributed by atoms with Crippen LogP contribution in [0.5, 0.6) is 0 Å². The minimum absolute atomic E-state index is 0.0208. The van der Waals surface area contributed by atoms with Crippen LogP contribution >= 0.6 is 15.9 Å². The summed E-state index contributed by atoms with van der Waals surface area (Å²) in [4.78, 5) is 18.7. The number of guanidine groups is 1. The van der Waals surface area contributed by atoms with E-state index in [0.29, 0.717) is 19.0 Å². The fourth-order valence-corrected chi connectivity index (χ4v) is 2.98. The standard InChI is InChI=1S/C20H34BrN5O/c1-5-26(6-2)15-7-8-16(3)24-20(22-4)23-14-13-19(27)25-18-11-9-17(21)10-12-18/h9-12,16H,5-8,13-15H2,1-4H3,(H,25,27)(H2,22,23,24). The molecule has 0 fully saturated rings. The molecule has 3 N–H and O–H groups in total. The van der Waals surface area contributed by atoms with Crippen molar-refractivity contribution in [3.05, 3.63) is 28.7 Å². The number of carbonyl (C=O) groups excluding carboxylic acids is 1. The van der Waals surface area contributed by atoms with E-state index in [9.17, 15) is 4.79 Å². The van der Waals surface area contributed by atoms with Crippen molar-refractivity contribution in [3.8, 4) is 0 Å². The summed E-state index contributed by atoms with van der Waals surface area (Å²) in [6.45, 7) is 10.4. The number of halogens is 1. The maximum Gasteiger partial charge on any atom is 0.226 e. The average molecular weight is 440 g/mol. The molecule has 0 aliphatic heterocycles. The van der Waals surface area contributed by atoms with Gasteiger partial charge in [-0.25, -0.2) is 0 Å². The summed E-state index contributed by atoms with van der Waals surface area (Å²) in [7, 11) is 1.75. The Bertz CT molecular complexity index is 572. The molecule has 1 atom stereocenters. The second kappa shape index (κ2) is 13.6. The monoisotopic (exact) mass is 439 g/mol. The predicted molar refractivity (Wildman–Crippen MR) is 118 cm³/mol. The molecule has 6 nitrogen and oxygen atoms in total. The number of hydrogen-bond donors (Lipinski definition) is 3. The second-order valence-corrected chi connectivity index (χ2v) is 7.43. The SMILES string of the molecule is CCN(CC)CCCC(C)NC(=NC)NCCC(=O)Nc1ccc(Br)cc1. The first-order chi connectivity index (χ1) is 13.0. The van der Waals surface area contributed by atoms with Gasteiger partial charge in [0.2, 0.25) is 5.91 Å². The van der Waals surface area contributed by atoms with E-state index in [1.807, 2.05) is 24.3 Å². The minimum atomic E-state index is -0.0208. The zero-order valence-electron chi connectivity index (χ0n) is 17.0. The van der Waals surface area contributed by atoms with Crippen molar-refractivity contribution < 1.29 is 4.79 Å². The van der Waals surface area contributed by atoms with Crippen LogP contribution in [0.2, 0.25) is 0 Å². The molecule has 1 amide bonds. The van der Waals surface area contributed by atoms with Crippen LogP contribution in [0.3, 0.4) is 0 Å². The van der Waals surface area contributed by atoms with E-state index < -0.39 is 0 Å². The summed E-state index contributed by atoms with van der Waals surface area (Å²) in [6, 6.07) is 7.89. The molecule has 27 heavy (non-hydrogen) atoms. The Balaban J connectivity index is 2.24. The third-order valence-corrected chi connectivity index (χ3v) is 4.91. The summed E-state index contributed by atoms with van der Waals surface area (Å²) in [6.07, 6.45) is 2.62. The number of anilines is 1. The molecule has 0 bridgehead atoms. The molecule has 1 aromatic rings. The Morgan fingerprint density at radius 3 is 2.48 bits per heavy atom. The number of nitrogens with zero attached hydrogens (tertiary/aromatic N) is 2. The van der Waals surface area contributed by atoms with Crippen LogP contribution < -0.4 is 16.0 Å². The Morgan fingerprint density at radius 1 is 1.22 bits per heavy atom. The van der Waals surface area contributed by atoms with Crippen molar-refractivity contribution in [1.29, 1.82) is 0 Å². The van der Waals surface area contributed by atoms with E-state index in [1.54, 1.807) is 7.05 Å². The highest BCUT2D eigenvalue weighted by molar-refractivity contribution is 9.10. The van der Waals surface area contributed by atoms with Crippen molar-refractivity contribution >= 4 is 33.5 Å². The highest BCUT2D eigenvalue weighted by Gasteiger charge is 2.08. The van der Waals surface area contributed by atoms with Crippen LogP contribution in [-0.2, 0) is 4.79 Å². The van der Waals surface area contributed by atoms with Crippen LogP contribution in [0, 0.1) is 0 Å². The van der Waals surface area contributed by atoms with E-state index >= 15 is 0 Å². The van der Waals surface area contributed by atoms with Crippen LogP contribution in [0.15, 0.2) is 33.7 Å². The number of amides is 1. The zero-order valence-corrected chi connectivity index (χ0v) is 18.6. The lowest BCUT2D eigenvalue weighted by molar-refractivity contribution is -0.116. The first-order valence-electron chi connectivity index (χ1n) is 9.73. The van der Waals surface area contributed by atoms with Crippen LogP contribution in [0.1, 0.15) is 40.0 Å². The lowest BCUT2D eigenvalue weighted by atomic mass is 10.2. The summed E-state index contributed by atoms with van der Waals surface area (Å²) < 4.78 is 0.989. The highest BCUT2D eigenvalue weighted by Crippen LogP contribution is 2.14. The molecule has 0 aliphatic carbocycles. The summed E-state index contributed by atoms with van der Waals surface area (Å²) in [5.74, 6) is 0.717. The minimum Gasteiger partial charge on any atom is -0.356 e. The molecular weight excluding hydrogens is 406 g/mol. The molecule has 152 valence electrons. The van der Waals surface area contributed by atoms with Crippen molar-refractivity contribution in [3.63, 3.8) is 0 Å². The lowest BCUT2D eigenvalue weighted by Gasteiger charge is -2.21. The van der Waals surface area contributed by atoms with Gasteiger partial charge in [0, 0.05) is 36.2 Å². The predicted octanol–water partition coefficient (Wildman–Crippen LogP) is 3.45. The van der Waals surface area contributed by atoms with Gasteiger partial charge in [-0.2, -0.15) is 0 Å².